The van der Waals surface area contributed by atoms with Gasteiger partial charge in [-0.15, -0.1) is 0 Å². The first-order chi connectivity index (χ1) is 16.1. The molecule has 3 N–H and O–H groups in total. The van der Waals surface area contributed by atoms with Gasteiger partial charge in [0.05, 0.1) is 24.6 Å². The normalized spacial score (nSPS) is 18.1. The predicted molar refractivity (Wildman–Crippen MR) is 129 cm³/mol. The van der Waals surface area contributed by atoms with Gasteiger partial charge < -0.3 is 10.0 Å². The highest BCUT2D eigenvalue weighted by Crippen LogP contribution is 2.48. The number of carbonyl (C=O) groups is 3. The van der Waals surface area contributed by atoms with Crippen molar-refractivity contribution in [3.05, 3.63) is 69.2 Å². The monoisotopic (exact) mass is 502 g/mol. The summed E-state index contributed by atoms with van der Waals surface area (Å²) in [6, 6.07) is 12.0. The van der Waals surface area contributed by atoms with E-state index in [9.17, 15) is 14.4 Å². The molecule has 2 amide bonds. The van der Waals surface area contributed by atoms with Crippen molar-refractivity contribution in [1.29, 1.82) is 0 Å². The van der Waals surface area contributed by atoms with Crippen LogP contribution < -0.4 is 5.32 Å². The lowest BCUT2D eigenvalue weighted by Crippen LogP contribution is -2.88. The number of aliphatic imine (C=N–C) groups is 1. The molecule has 7 nitrogen and oxygen atoms in total. The number of carbonyl (C=O) groups excluding carboxylic acids is 2. The molecule has 1 heterocycles. The third-order valence-electron chi connectivity index (χ3n) is 6.10. The van der Waals surface area contributed by atoms with Gasteiger partial charge in [-0.25, -0.2) is 4.79 Å². The Labute approximate surface area is 207 Å². The van der Waals surface area contributed by atoms with E-state index in [2.05, 4.69) is 0 Å². The van der Waals surface area contributed by atoms with E-state index in [0.717, 1.165) is 18.4 Å². The Morgan fingerprint density at radius 3 is 2.32 bits per heavy atom. The first-order valence-electron chi connectivity index (χ1n) is 11.2. The van der Waals surface area contributed by atoms with E-state index in [1.165, 1.54) is 5.32 Å². The largest absolute Gasteiger partial charge is 0.481 e. The summed E-state index contributed by atoms with van der Waals surface area (Å²) in [5.74, 6) is -1.02. The lowest BCUT2D eigenvalue weighted by molar-refractivity contribution is -0.554. The van der Waals surface area contributed by atoms with Crippen LogP contribution in [0.1, 0.15) is 60.6 Å². The average molecular weight is 503 g/mol. The topological polar surface area (TPSA) is 104 Å². The van der Waals surface area contributed by atoms with Gasteiger partial charge in [-0.1, -0.05) is 35.3 Å². The van der Waals surface area contributed by atoms with Crippen LogP contribution in [0.4, 0.5) is 0 Å². The van der Waals surface area contributed by atoms with E-state index in [0.29, 0.717) is 32.8 Å². The molecule has 1 aliphatic heterocycles. The highest BCUT2D eigenvalue weighted by Gasteiger charge is 2.49. The Balaban J connectivity index is 1.59. The number of amides is 2. The van der Waals surface area contributed by atoms with E-state index in [1.54, 1.807) is 30.3 Å². The number of halogens is 2. The van der Waals surface area contributed by atoms with Gasteiger partial charge >= 0.3 is 11.9 Å². The molecule has 0 spiro atoms. The Kier molecular flexibility index (Phi) is 6.80. The van der Waals surface area contributed by atoms with Crippen molar-refractivity contribution < 1.29 is 24.8 Å². The van der Waals surface area contributed by atoms with E-state index in [4.69, 9.17) is 33.3 Å². The molecular formula is C25H26Cl2N3O4+. The first-order valence-corrected chi connectivity index (χ1v) is 11.9. The molecule has 2 aromatic carbocycles. The SMILES string of the molecule is CC1(C)N=C(c2cc(Cl)cc(Cl)c2)C(=O)N1C(c1ccc(C(=O)[NH2+]CCC(=O)O)cc1)C1CC1. The van der Waals surface area contributed by atoms with Crippen LogP contribution in [-0.2, 0) is 9.59 Å². The fourth-order valence-electron chi connectivity index (χ4n) is 4.42. The maximum absolute atomic E-state index is 13.6. The molecule has 1 saturated carbocycles. The molecule has 4 rings (SSSR count). The number of nitrogens with zero attached hydrogens (tertiary/aromatic N) is 2. The number of hydrogen-bond donors (Lipinski definition) is 2. The number of hydrogen-bond acceptors (Lipinski definition) is 4. The Hall–Kier alpha value is -2.74. The zero-order valence-corrected chi connectivity index (χ0v) is 20.4. The summed E-state index contributed by atoms with van der Waals surface area (Å²) in [5, 5.41) is 11.0. The molecular weight excluding hydrogens is 477 g/mol. The van der Waals surface area contributed by atoms with E-state index in [-0.39, 0.29) is 30.8 Å². The Morgan fingerprint density at radius 1 is 1.15 bits per heavy atom. The molecule has 34 heavy (non-hydrogen) atoms. The summed E-state index contributed by atoms with van der Waals surface area (Å²) in [7, 11) is 0. The molecule has 0 saturated heterocycles. The fraction of sp³-hybridized carbons (Fsp3) is 0.360. The second-order valence-corrected chi connectivity index (χ2v) is 10.1. The highest BCUT2D eigenvalue weighted by molar-refractivity contribution is 6.47. The molecule has 1 atom stereocenters. The van der Waals surface area contributed by atoms with Crippen molar-refractivity contribution in [2.45, 2.75) is 44.8 Å². The predicted octanol–water partition coefficient (Wildman–Crippen LogP) is 3.69. The van der Waals surface area contributed by atoms with Gasteiger partial charge in [0, 0.05) is 15.6 Å². The highest BCUT2D eigenvalue weighted by atomic mass is 35.5. The minimum atomic E-state index is -0.939. The number of benzene rings is 2. The molecule has 178 valence electrons. The molecule has 0 aromatic heterocycles. The van der Waals surface area contributed by atoms with E-state index < -0.39 is 11.6 Å². The fourth-order valence-corrected chi connectivity index (χ4v) is 4.94. The molecule has 2 aliphatic rings. The maximum Gasteiger partial charge on any atom is 0.342 e. The Morgan fingerprint density at radius 2 is 1.76 bits per heavy atom. The molecule has 0 radical (unpaired) electrons. The molecule has 0 bridgehead atoms. The summed E-state index contributed by atoms with van der Waals surface area (Å²) < 4.78 is 0. The van der Waals surface area contributed by atoms with Crippen molar-refractivity contribution in [1.82, 2.24) is 4.90 Å². The van der Waals surface area contributed by atoms with Gasteiger partial charge in [0.15, 0.2) is 0 Å². The molecule has 1 unspecified atom stereocenters. The summed E-state index contributed by atoms with van der Waals surface area (Å²) in [5.41, 5.74) is 1.58. The second-order valence-electron chi connectivity index (χ2n) is 9.19. The van der Waals surface area contributed by atoms with Crippen molar-refractivity contribution in [3.8, 4) is 0 Å². The molecule has 9 heteroatoms. The quantitative estimate of drug-likeness (QED) is 0.574. The van der Waals surface area contributed by atoms with Crippen LogP contribution in [0, 0.1) is 5.92 Å². The van der Waals surface area contributed by atoms with Gasteiger partial charge in [0.25, 0.3) is 5.91 Å². The Bertz CT molecular complexity index is 1150. The minimum Gasteiger partial charge on any atom is -0.481 e. The molecule has 1 aliphatic carbocycles. The number of quaternary nitrogens is 1. The van der Waals surface area contributed by atoms with Gasteiger partial charge in [-0.3, -0.25) is 19.9 Å². The minimum absolute atomic E-state index is 0.0834. The molecule has 2 aromatic rings. The van der Waals surface area contributed by atoms with Crippen molar-refractivity contribution >= 4 is 46.7 Å². The van der Waals surface area contributed by atoms with Crippen LogP contribution >= 0.6 is 23.2 Å². The second kappa shape index (κ2) is 9.49. The third-order valence-corrected chi connectivity index (χ3v) is 6.54. The number of carboxylic acid groups (broad SMARTS) is 1. The van der Waals surface area contributed by atoms with Crippen LogP contribution in [0.3, 0.4) is 0 Å². The van der Waals surface area contributed by atoms with Crippen LogP contribution in [0.25, 0.3) is 0 Å². The summed E-state index contributed by atoms with van der Waals surface area (Å²) >= 11 is 12.3. The maximum atomic E-state index is 13.6. The number of primary amides is 1. The van der Waals surface area contributed by atoms with Gasteiger partial charge in [0.2, 0.25) is 0 Å². The summed E-state index contributed by atoms with van der Waals surface area (Å²) in [6.07, 6.45) is 1.93. The summed E-state index contributed by atoms with van der Waals surface area (Å²) in [4.78, 5) is 43.3. The van der Waals surface area contributed by atoms with Crippen LogP contribution in [0.2, 0.25) is 10.0 Å². The third kappa shape index (κ3) is 5.17. The van der Waals surface area contributed by atoms with Gasteiger partial charge in [-0.2, -0.15) is 0 Å². The van der Waals surface area contributed by atoms with Gasteiger partial charge in [-0.05, 0) is 68.5 Å². The number of aliphatic carboxylic acids is 1. The van der Waals surface area contributed by atoms with Gasteiger partial charge in [0.1, 0.15) is 11.4 Å². The zero-order valence-electron chi connectivity index (χ0n) is 18.9. The van der Waals surface area contributed by atoms with Crippen molar-refractivity contribution in [2.24, 2.45) is 10.9 Å². The summed E-state index contributed by atoms with van der Waals surface area (Å²) in [6.45, 7) is 4.01. The van der Waals surface area contributed by atoms with Crippen molar-refractivity contribution in [2.75, 3.05) is 6.54 Å². The van der Waals surface area contributed by atoms with Crippen LogP contribution in [-0.4, -0.2) is 45.7 Å². The number of nitrogens with two attached hydrogens (primary N) is 1. The van der Waals surface area contributed by atoms with Crippen LogP contribution in [0.5, 0.6) is 0 Å². The number of rotatable bonds is 8. The standard InChI is InChI=1S/C25H25Cl2N3O4/c1-25(2)29-21(17-11-18(26)13-19(27)12-17)24(34)30(25)22(14-3-4-14)15-5-7-16(8-6-15)23(33)28-10-9-20(31)32/h5-8,11-14,22H,3-4,9-10H2,1-2H3,(H,28,33)(H,31,32)/p+1. The van der Waals surface area contributed by atoms with E-state index >= 15 is 0 Å². The van der Waals surface area contributed by atoms with E-state index in [1.807, 2.05) is 30.9 Å². The average Bonchev–Trinajstić information content (AvgIpc) is 3.56. The zero-order chi connectivity index (χ0) is 24.6. The smallest absolute Gasteiger partial charge is 0.342 e. The van der Waals surface area contributed by atoms with Crippen molar-refractivity contribution in [3.63, 3.8) is 0 Å². The van der Waals surface area contributed by atoms with Crippen LogP contribution in [0.15, 0.2) is 47.5 Å². The lowest BCUT2D eigenvalue weighted by Gasteiger charge is -2.37. The lowest BCUT2D eigenvalue weighted by atomic mass is 9.96. The first kappa shape index (κ1) is 24.4. The molecule has 1 fully saturated rings. The number of carboxylic acids is 1.